The Labute approximate surface area is 319 Å². The van der Waals surface area contributed by atoms with Crippen molar-refractivity contribution in [3.63, 3.8) is 0 Å². The summed E-state index contributed by atoms with van der Waals surface area (Å²) in [5.74, 6) is -2.89. The molecule has 3 aromatic rings. The second-order valence-electron chi connectivity index (χ2n) is 15.1. The molecule has 8 rings (SSSR count). The molecular weight excluding hydrogens is 723 g/mol. The Kier molecular flexibility index (Phi) is 9.74. The number of amides is 4. The first-order chi connectivity index (χ1) is 26.5. The first-order valence-corrected chi connectivity index (χ1v) is 20.5. The van der Waals surface area contributed by atoms with Crippen LogP contribution in [0.1, 0.15) is 85.1 Å². The SMILES string of the molecule is Cc1cnc(C(=O)N[C@H]2CCCCC/C=C\C3CC3(C(=O)NS(=O)(=O)C3CC3)NC(=O)[C@@H]3C[C@@H](ON=C4c5ccccc5-c5ccccc54)CN3C2=O)cn1. The van der Waals surface area contributed by atoms with Crippen LogP contribution in [-0.4, -0.2) is 88.1 Å². The summed E-state index contributed by atoms with van der Waals surface area (Å²) in [7, 11) is -3.89. The number of benzene rings is 2. The maximum absolute atomic E-state index is 14.6. The van der Waals surface area contributed by atoms with E-state index in [1.54, 1.807) is 6.92 Å². The molecule has 0 bridgehead atoms. The van der Waals surface area contributed by atoms with Gasteiger partial charge in [0.2, 0.25) is 21.8 Å². The molecule has 2 aromatic carbocycles. The summed E-state index contributed by atoms with van der Waals surface area (Å²) in [6, 6.07) is 13.6. The van der Waals surface area contributed by atoms with Gasteiger partial charge in [-0.25, -0.2) is 13.4 Å². The minimum atomic E-state index is -3.89. The van der Waals surface area contributed by atoms with E-state index in [0.717, 1.165) is 35.1 Å². The number of hydrogen-bond donors (Lipinski definition) is 3. The number of oxime groups is 1. The monoisotopic (exact) mass is 765 g/mol. The fraction of sp³-hybridized carbons (Fsp3) is 0.425. The average molecular weight is 766 g/mol. The van der Waals surface area contributed by atoms with E-state index in [4.69, 9.17) is 4.84 Å². The van der Waals surface area contributed by atoms with E-state index in [1.165, 1.54) is 17.3 Å². The van der Waals surface area contributed by atoms with Gasteiger partial charge in [0.05, 0.1) is 23.7 Å². The summed E-state index contributed by atoms with van der Waals surface area (Å²) >= 11 is 0. The zero-order chi connectivity index (χ0) is 38.3. The highest BCUT2D eigenvalue weighted by Crippen LogP contribution is 2.46. The lowest BCUT2D eigenvalue weighted by Crippen LogP contribution is -2.58. The van der Waals surface area contributed by atoms with Gasteiger partial charge in [-0.3, -0.25) is 28.9 Å². The van der Waals surface area contributed by atoms with Gasteiger partial charge >= 0.3 is 0 Å². The van der Waals surface area contributed by atoms with Crippen LogP contribution in [0.15, 0.2) is 78.2 Å². The lowest BCUT2D eigenvalue weighted by atomic mass is 10.0. The molecule has 15 heteroatoms. The van der Waals surface area contributed by atoms with Crippen LogP contribution < -0.4 is 15.4 Å². The van der Waals surface area contributed by atoms with Gasteiger partial charge in [-0.15, -0.1) is 0 Å². The molecule has 0 spiro atoms. The van der Waals surface area contributed by atoms with Crippen molar-refractivity contribution in [1.29, 1.82) is 0 Å². The van der Waals surface area contributed by atoms with Crippen molar-refractivity contribution in [1.82, 2.24) is 30.2 Å². The van der Waals surface area contributed by atoms with E-state index >= 15 is 0 Å². The van der Waals surface area contributed by atoms with Gasteiger partial charge in [0.15, 0.2) is 0 Å². The van der Waals surface area contributed by atoms with Crippen molar-refractivity contribution in [2.24, 2.45) is 11.1 Å². The molecule has 3 N–H and O–H groups in total. The number of aromatic nitrogens is 2. The number of nitrogens with one attached hydrogen (secondary N) is 3. The van der Waals surface area contributed by atoms with Crippen molar-refractivity contribution in [2.45, 2.75) is 93.7 Å². The van der Waals surface area contributed by atoms with Crippen LogP contribution in [0.25, 0.3) is 11.1 Å². The predicted octanol–water partition coefficient (Wildman–Crippen LogP) is 3.31. The lowest BCUT2D eigenvalue weighted by Gasteiger charge is -2.29. The highest BCUT2D eigenvalue weighted by Gasteiger charge is 2.62. The predicted molar refractivity (Wildman–Crippen MR) is 202 cm³/mol. The summed E-state index contributed by atoms with van der Waals surface area (Å²) in [6.45, 7) is 1.73. The van der Waals surface area contributed by atoms with Crippen molar-refractivity contribution in [2.75, 3.05) is 6.54 Å². The fourth-order valence-electron chi connectivity index (χ4n) is 7.80. The van der Waals surface area contributed by atoms with Gasteiger partial charge in [-0.2, -0.15) is 0 Å². The molecule has 3 fully saturated rings. The Hall–Kier alpha value is -5.44. The third-order valence-electron chi connectivity index (χ3n) is 11.1. The molecule has 3 aliphatic carbocycles. The molecule has 2 aliphatic heterocycles. The van der Waals surface area contributed by atoms with Crippen LogP contribution in [0.2, 0.25) is 0 Å². The number of rotatable bonds is 7. The Morgan fingerprint density at radius 3 is 2.33 bits per heavy atom. The molecule has 55 heavy (non-hydrogen) atoms. The molecule has 5 aliphatic rings. The third-order valence-corrected chi connectivity index (χ3v) is 12.9. The summed E-state index contributed by atoms with van der Waals surface area (Å²) < 4.78 is 27.9. The van der Waals surface area contributed by atoms with Crippen LogP contribution in [0.4, 0.5) is 0 Å². The van der Waals surface area contributed by atoms with Crippen molar-refractivity contribution < 1.29 is 32.4 Å². The molecule has 3 heterocycles. The van der Waals surface area contributed by atoms with Crippen LogP contribution in [0, 0.1) is 12.8 Å². The lowest BCUT2D eigenvalue weighted by molar-refractivity contribution is -0.141. The molecule has 286 valence electrons. The zero-order valence-electron chi connectivity index (χ0n) is 30.4. The van der Waals surface area contributed by atoms with Gasteiger partial charge in [-0.1, -0.05) is 78.7 Å². The molecule has 2 unspecified atom stereocenters. The number of carbonyl (C=O) groups excluding carboxylic acids is 4. The van der Waals surface area contributed by atoms with E-state index in [-0.39, 0.29) is 25.1 Å². The fourth-order valence-corrected chi connectivity index (χ4v) is 9.16. The molecular formula is C40H43N7O7S. The highest BCUT2D eigenvalue weighted by atomic mass is 32.2. The van der Waals surface area contributed by atoms with Crippen molar-refractivity contribution in [3.8, 4) is 11.1 Å². The Morgan fingerprint density at radius 2 is 1.65 bits per heavy atom. The van der Waals surface area contributed by atoms with Gasteiger partial charge in [0.25, 0.3) is 11.8 Å². The highest BCUT2D eigenvalue weighted by molar-refractivity contribution is 7.91. The molecule has 2 saturated carbocycles. The Balaban J connectivity index is 1.10. The van der Waals surface area contributed by atoms with Crippen LogP contribution in [-0.2, 0) is 29.2 Å². The second kappa shape index (κ2) is 14.7. The van der Waals surface area contributed by atoms with E-state index in [1.807, 2.05) is 60.7 Å². The van der Waals surface area contributed by atoms with Gasteiger partial charge in [0.1, 0.15) is 35.1 Å². The first kappa shape index (κ1) is 36.5. The third kappa shape index (κ3) is 7.36. The van der Waals surface area contributed by atoms with Gasteiger partial charge < -0.3 is 20.4 Å². The largest absolute Gasteiger partial charge is 0.390 e. The number of sulfonamides is 1. The van der Waals surface area contributed by atoms with E-state index < -0.39 is 68.5 Å². The topological polar surface area (TPSA) is 189 Å². The van der Waals surface area contributed by atoms with Crippen LogP contribution in [0.5, 0.6) is 0 Å². The molecule has 0 radical (unpaired) electrons. The molecule has 4 amide bonds. The molecule has 14 nitrogen and oxygen atoms in total. The standard InChI is InChI=1S/C40H43N7O7S/c1-24-21-42-33(22-41-24)36(48)43-32-16-6-4-2-3-5-11-25-20-40(25,39(51)46-55(52,53)27-17-18-27)44-37(49)34-19-26(23-47(34)38(32)50)54-45-35-30-14-9-7-12-28(30)29-13-8-10-15-31(29)35/h5,7-15,21-22,25-27,32,34H,2-4,6,16-20,23H2,1H3,(H,43,48)(H,44,49)(H,46,51)/b11-5-/t25?,26-,32+,34+,40?/m1/s1. The quantitative estimate of drug-likeness (QED) is 0.187. The molecule has 1 saturated heterocycles. The number of allylic oxidation sites excluding steroid dienone is 1. The minimum absolute atomic E-state index is 0.0215. The Bertz CT molecular complexity index is 2160. The Morgan fingerprint density at radius 1 is 0.945 bits per heavy atom. The van der Waals surface area contributed by atoms with Gasteiger partial charge in [-0.05, 0) is 56.6 Å². The maximum atomic E-state index is 14.6. The van der Waals surface area contributed by atoms with E-state index in [0.29, 0.717) is 43.5 Å². The summed E-state index contributed by atoms with van der Waals surface area (Å²) in [4.78, 5) is 72.0. The minimum Gasteiger partial charge on any atom is -0.390 e. The smallest absolute Gasteiger partial charge is 0.272 e. The number of hydrogen-bond acceptors (Lipinski definition) is 10. The number of aryl methyl sites for hydroxylation is 1. The van der Waals surface area contributed by atoms with Crippen LogP contribution >= 0.6 is 0 Å². The normalized spacial score (nSPS) is 26.9. The summed E-state index contributed by atoms with van der Waals surface area (Å²) in [5, 5.41) is 9.71. The van der Waals surface area contributed by atoms with E-state index in [2.05, 4.69) is 30.5 Å². The van der Waals surface area contributed by atoms with Crippen molar-refractivity contribution in [3.05, 3.63) is 95.6 Å². The molecule has 5 atom stereocenters. The van der Waals surface area contributed by atoms with Gasteiger partial charge in [0, 0.05) is 29.7 Å². The molecule has 1 aromatic heterocycles. The summed E-state index contributed by atoms with van der Waals surface area (Å²) in [6.07, 6.45) is 10.3. The zero-order valence-corrected chi connectivity index (χ0v) is 31.3. The van der Waals surface area contributed by atoms with E-state index in [9.17, 15) is 27.6 Å². The average Bonchev–Trinajstić information content (AvgIpc) is 4.08. The van der Waals surface area contributed by atoms with Crippen molar-refractivity contribution >= 4 is 39.4 Å². The number of nitrogens with zero attached hydrogens (tertiary/aromatic N) is 4. The number of fused-ring (bicyclic) bond motifs is 5. The first-order valence-electron chi connectivity index (χ1n) is 18.9. The number of carbonyl (C=O) groups is 4. The summed E-state index contributed by atoms with van der Waals surface area (Å²) in [5.41, 5.74) is 3.66. The van der Waals surface area contributed by atoms with Crippen LogP contribution in [0.3, 0.4) is 0 Å². The second-order valence-corrected chi connectivity index (χ2v) is 17.0. The maximum Gasteiger partial charge on any atom is 0.272 e.